The van der Waals surface area contributed by atoms with E-state index in [1.54, 1.807) is 0 Å². The molecule has 2 rings (SSSR count). The van der Waals surface area contributed by atoms with Crippen molar-refractivity contribution < 1.29 is 5.11 Å². The average Bonchev–Trinajstić information content (AvgIpc) is 2.56. The fourth-order valence-electron chi connectivity index (χ4n) is 3.30. The van der Waals surface area contributed by atoms with Crippen LogP contribution in [0, 0.1) is 0 Å². The van der Waals surface area contributed by atoms with Crippen molar-refractivity contribution in [2.75, 3.05) is 0 Å². The first-order valence-corrected chi connectivity index (χ1v) is 10.6. The van der Waals surface area contributed by atoms with Crippen LogP contribution >= 0.6 is 0 Å². The summed E-state index contributed by atoms with van der Waals surface area (Å²) < 4.78 is 0. The molecular formula is C21H26OSi. The van der Waals surface area contributed by atoms with Crippen molar-refractivity contribution in [1.29, 1.82) is 0 Å². The highest BCUT2D eigenvalue weighted by molar-refractivity contribution is 7.06. The standard InChI is InChI=1S/C21H26OSi/c1-5-21(20(22)16-17(2)3)23(4,18-12-8-6-9-13-18)19-14-10-7-11-15-19/h5-15,20,22H,2,16H2,1,3-4H3/b21-5-/t20-/m0/s1. The summed E-state index contributed by atoms with van der Waals surface area (Å²) in [5.41, 5.74) is 1.01. The van der Waals surface area contributed by atoms with Crippen LogP contribution in [0.4, 0.5) is 0 Å². The van der Waals surface area contributed by atoms with Gasteiger partial charge in [0.15, 0.2) is 0 Å². The molecule has 0 aliphatic carbocycles. The molecule has 2 heteroatoms. The molecule has 23 heavy (non-hydrogen) atoms. The van der Waals surface area contributed by atoms with Gasteiger partial charge in [-0.15, -0.1) is 6.58 Å². The molecule has 0 aliphatic heterocycles. The summed E-state index contributed by atoms with van der Waals surface area (Å²) >= 11 is 0. The molecule has 0 bridgehead atoms. The van der Waals surface area contributed by atoms with Gasteiger partial charge in [-0.1, -0.05) is 78.9 Å². The van der Waals surface area contributed by atoms with Gasteiger partial charge < -0.3 is 5.11 Å². The first kappa shape index (κ1) is 17.5. The molecule has 2 aromatic carbocycles. The molecule has 0 radical (unpaired) electrons. The van der Waals surface area contributed by atoms with Crippen molar-refractivity contribution in [3.8, 4) is 0 Å². The van der Waals surface area contributed by atoms with E-state index < -0.39 is 14.2 Å². The van der Waals surface area contributed by atoms with Crippen molar-refractivity contribution in [2.45, 2.75) is 32.9 Å². The highest BCUT2D eigenvalue weighted by atomic mass is 28.3. The average molecular weight is 323 g/mol. The number of hydrogen-bond acceptors (Lipinski definition) is 1. The van der Waals surface area contributed by atoms with Gasteiger partial charge in [0, 0.05) is 0 Å². The van der Waals surface area contributed by atoms with E-state index in [4.69, 9.17) is 0 Å². The maximum absolute atomic E-state index is 10.8. The van der Waals surface area contributed by atoms with E-state index in [1.165, 1.54) is 10.4 Å². The number of aliphatic hydroxyl groups is 1. The zero-order valence-electron chi connectivity index (χ0n) is 14.3. The van der Waals surface area contributed by atoms with Crippen LogP contribution in [0.3, 0.4) is 0 Å². The van der Waals surface area contributed by atoms with Crippen LogP contribution in [0.1, 0.15) is 20.3 Å². The lowest BCUT2D eigenvalue weighted by molar-refractivity contribution is 0.218. The Labute approximate surface area is 141 Å². The Morgan fingerprint density at radius 1 is 1.04 bits per heavy atom. The van der Waals surface area contributed by atoms with Gasteiger partial charge in [0.1, 0.15) is 8.07 Å². The smallest absolute Gasteiger partial charge is 0.143 e. The Morgan fingerprint density at radius 3 is 1.83 bits per heavy atom. The van der Waals surface area contributed by atoms with Crippen molar-refractivity contribution in [3.63, 3.8) is 0 Å². The van der Waals surface area contributed by atoms with Crippen LogP contribution in [0.5, 0.6) is 0 Å². The summed E-state index contributed by atoms with van der Waals surface area (Å²) in [6, 6.07) is 21.2. The Morgan fingerprint density at radius 2 is 1.48 bits per heavy atom. The molecule has 0 unspecified atom stereocenters. The molecular weight excluding hydrogens is 296 g/mol. The lowest BCUT2D eigenvalue weighted by Crippen LogP contribution is -2.59. The zero-order valence-corrected chi connectivity index (χ0v) is 15.3. The van der Waals surface area contributed by atoms with E-state index in [2.05, 4.69) is 67.7 Å². The molecule has 1 N–H and O–H groups in total. The second-order valence-corrected chi connectivity index (χ2v) is 10.3. The SMILES string of the molecule is C=C(C)C[C@H](O)/C(=C/C)[Si](C)(c1ccccc1)c1ccccc1. The Hall–Kier alpha value is -1.90. The summed E-state index contributed by atoms with van der Waals surface area (Å²) in [4.78, 5) is 0. The monoisotopic (exact) mass is 322 g/mol. The number of benzene rings is 2. The normalized spacial score (nSPS) is 13.7. The second kappa shape index (κ2) is 7.58. The van der Waals surface area contributed by atoms with Gasteiger partial charge in [0.2, 0.25) is 0 Å². The van der Waals surface area contributed by atoms with Gasteiger partial charge >= 0.3 is 0 Å². The first-order chi connectivity index (χ1) is 11.0. The predicted molar refractivity (Wildman–Crippen MR) is 103 cm³/mol. The van der Waals surface area contributed by atoms with Gasteiger partial charge in [0.05, 0.1) is 6.10 Å². The van der Waals surface area contributed by atoms with Crippen LogP contribution in [0.25, 0.3) is 0 Å². The highest BCUT2D eigenvalue weighted by Crippen LogP contribution is 2.23. The van der Waals surface area contributed by atoms with Crippen molar-refractivity contribution in [2.24, 2.45) is 0 Å². The van der Waals surface area contributed by atoms with Crippen molar-refractivity contribution >= 4 is 18.4 Å². The fraction of sp³-hybridized carbons (Fsp3) is 0.238. The second-order valence-electron chi connectivity index (χ2n) is 6.28. The van der Waals surface area contributed by atoms with Gasteiger partial charge in [-0.2, -0.15) is 0 Å². The Kier molecular flexibility index (Phi) is 5.75. The van der Waals surface area contributed by atoms with Gasteiger partial charge in [-0.3, -0.25) is 0 Å². The van der Waals surface area contributed by atoms with Gasteiger partial charge in [0.25, 0.3) is 0 Å². The minimum atomic E-state index is -2.19. The summed E-state index contributed by atoms with van der Waals surface area (Å²) in [7, 11) is -2.19. The third-order valence-electron chi connectivity index (χ3n) is 4.49. The number of rotatable bonds is 6. The molecule has 0 saturated heterocycles. The minimum Gasteiger partial charge on any atom is -0.389 e. The first-order valence-electron chi connectivity index (χ1n) is 8.10. The zero-order chi connectivity index (χ0) is 16.9. The fourth-order valence-corrected chi connectivity index (χ4v) is 7.36. The minimum absolute atomic E-state index is 0.477. The Balaban J connectivity index is 2.60. The number of aliphatic hydroxyl groups excluding tert-OH is 1. The lowest BCUT2D eigenvalue weighted by Gasteiger charge is -2.34. The van der Waals surface area contributed by atoms with E-state index in [-0.39, 0.29) is 0 Å². The molecule has 0 aliphatic rings. The maximum atomic E-state index is 10.8. The van der Waals surface area contributed by atoms with Crippen LogP contribution in [0.15, 0.2) is 84.1 Å². The van der Waals surface area contributed by atoms with E-state index in [0.29, 0.717) is 6.42 Å². The lowest BCUT2D eigenvalue weighted by atomic mass is 10.1. The molecule has 1 atom stereocenters. The predicted octanol–water partition coefficient (Wildman–Crippen LogP) is 3.69. The van der Waals surface area contributed by atoms with Crippen molar-refractivity contribution in [1.82, 2.24) is 0 Å². The molecule has 0 saturated carbocycles. The largest absolute Gasteiger partial charge is 0.389 e. The number of hydrogen-bond donors (Lipinski definition) is 1. The third-order valence-corrected chi connectivity index (χ3v) is 9.24. The van der Waals surface area contributed by atoms with E-state index >= 15 is 0 Å². The van der Waals surface area contributed by atoms with Crippen LogP contribution in [-0.4, -0.2) is 19.3 Å². The van der Waals surface area contributed by atoms with E-state index in [0.717, 1.165) is 10.8 Å². The molecule has 2 aromatic rings. The maximum Gasteiger partial charge on any atom is 0.143 e. The van der Waals surface area contributed by atoms with E-state index in [9.17, 15) is 5.11 Å². The van der Waals surface area contributed by atoms with Gasteiger partial charge in [-0.25, -0.2) is 0 Å². The van der Waals surface area contributed by atoms with Crippen molar-refractivity contribution in [3.05, 3.63) is 84.1 Å². The summed E-state index contributed by atoms with van der Waals surface area (Å²) in [5, 5.41) is 14.6. The highest BCUT2D eigenvalue weighted by Gasteiger charge is 2.38. The number of allylic oxidation sites excluding steroid dienone is 1. The van der Waals surface area contributed by atoms with Crippen LogP contribution in [-0.2, 0) is 0 Å². The summed E-state index contributed by atoms with van der Waals surface area (Å²) in [6.07, 6.45) is 2.25. The summed E-state index contributed by atoms with van der Waals surface area (Å²) in [5.74, 6) is 0. The van der Waals surface area contributed by atoms with Crippen LogP contribution < -0.4 is 10.4 Å². The summed E-state index contributed by atoms with van der Waals surface area (Å²) in [6.45, 7) is 10.3. The topological polar surface area (TPSA) is 20.2 Å². The van der Waals surface area contributed by atoms with Gasteiger partial charge in [-0.05, 0) is 35.8 Å². The van der Waals surface area contributed by atoms with Crippen LogP contribution in [0.2, 0.25) is 6.55 Å². The molecule has 0 heterocycles. The quantitative estimate of drug-likeness (QED) is 0.635. The third kappa shape index (κ3) is 3.71. The molecule has 0 spiro atoms. The molecule has 0 aromatic heterocycles. The molecule has 0 fully saturated rings. The Bertz CT molecular complexity index is 634. The van der Waals surface area contributed by atoms with E-state index in [1.807, 2.05) is 26.0 Å². The molecule has 0 amide bonds. The molecule has 120 valence electrons. The molecule has 1 nitrogen and oxygen atoms in total.